The van der Waals surface area contributed by atoms with Gasteiger partial charge < -0.3 is 10.0 Å². The molecule has 7 heteroatoms. The number of hydrogen-bond donors (Lipinski definition) is 3. The quantitative estimate of drug-likeness (QED) is 0.771. The lowest BCUT2D eigenvalue weighted by Gasteiger charge is -2.20. The Labute approximate surface area is 133 Å². The number of carbonyl (C=O) groups is 2. The van der Waals surface area contributed by atoms with Crippen LogP contribution in [0.25, 0.3) is 0 Å². The second kappa shape index (κ2) is 6.25. The Balaban J connectivity index is 1.62. The van der Waals surface area contributed by atoms with Gasteiger partial charge in [0.15, 0.2) is 0 Å². The van der Waals surface area contributed by atoms with Crippen LogP contribution < -0.4 is 10.9 Å². The number of hydrazine groups is 1. The highest BCUT2D eigenvalue weighted by molar-refractivity contribution is 5.83. The summed E-state index contributed by atoms with van der Waals surface area (Å²) in [4.78, 5) is 25.4. The summed E-state index contributed by atoms with van der Waals surface area (Å²) in [5.41, 5.74) is 6.94. The van der Waals surface area contributed by atoms with Crippen molar-refractivity contribution in [2.24, 2.45) is 11.8 Å². The lowest BCUT2D eigenvalue weighted by molar-refractivity contribution is -0.142. The molecule has 0 aliphatic carbocycles. The normalized spacial score (nSPS) is 30.6. The number of amides is 1. The summed E-state index contributed by atoms with van der Waals surface area (Å²) >= 11 is 0. The Kier molecular flexibility index (Phi) is 4.32. The molecule has 0 spiro atoms. The van der Waals surface area contributed by atoms with Crippen molar-refractivity contribution in [3.63, 3.8) is 0 Å². The molecule has 4 atom stereocenters. The second-order valence-corrected chi connectivity index (χ2v) is 6.35. The van der Waals surface area contributed by atoms with E-state index in [1.807, 2.05) is 6.92 Å². The molecule has 3 N–H and O–H groups in total. The number of carboxylic acids is 1. The highest BCUT2D eigenvalue weighted by Gasteiger charge is 2.40. The van der Waals surface area contributed by atoms with Crippen molar-refractivity contribution in [2.45, 2.75) is 25.4 Å². The predicted molar refractivity (Wildman–Crippen MR) is 80.7 cm³/mol. The highest BCUT2D eigenvalue weighted by Crippen LogP contribution is 2.27. The third-order valence-corrected chi connectivity index (χ3v) is 4.71. The van der Waals surface area contributed by atoms with E-state index in [1.54, 1.807) is 17.0 Å². The first-order valence-electron chi connectivity index (χ1n) is 7.74. The summed E-state index contributed by atoms with van der Waals surface area (Å²) < 4.78 is 13.0. The second-order valence-electron chi connectivity index (χ2n) is 6.35. The minimum absolute atomic E-state index is 0.0429. The van der Waals surface area contributed by atoms with E-state index in [9.17, 15) is 14.0 Å². The van der Waals surface area contributed by atoms with Gasteiger partial charge in [-0.05, 0) is 30.0 Å². The average Bonchev–Trinajstić information content (AvgIpc) is 3.14. The lowest BCUT2D eigenvalue weighted by atomic mass is 9.99. The monoisotopic (exact) mass is 321 g/mol. The zero-order valence-electron chi connectivity index (χ0n) is 12.8. The molecule has 2 unspecified atom stereocenters. The summed E-state index contributed by atoms with van der Waals surface area (Å²) in [5.74, 6) is -1.77. The van der Waals surface area contributed by atoms with Crippen molar-refractivity contribution in [3.05, 3.63) is 35.6 Å². The number of likely N-dealkylation sites (tertiary alicyclic amines) is 1. The largest absolute Gasteiger partial charge is 0.481 e. The van der Waals surface area contributed by atoms with E-state index >= 15 is 0 Å². The molecular formula is C16H20FN3O3. The van der Waals surface area contributed by atoms with Crippen LogP contribution in [0.15, 0.2) is 24.3 Å². The molecule has 2 fully saturated rings. The zero-order valence-corrected chi connectivity index (χ0v) is 12.8. The van der Waals surface area contributed by atoms with Crippen molar-refractivity contribution in [3.8, 4) is 0 Å². The number of halogens is 1. The minimum Gasteiger partial charge on any atom is -0.481 e. The summed E-state index contributed by atoms with van der Waals surface area (Å²) in [6.45, 7) is 2.58. The van der Waals surface area contributed by atoms with Crippen molar-refractivity contribution in [1.29, 1.82) is 0 Å². The molecular weight excluding hydrogens is 301 g/mol. The van der Waals surface area contributed by atoms with E-state index in [0.29, 0.717) is 13.0 Å². The zero-order chi connectivity index (χ0) is 16.6. The molecule has 0 saturated carbocycles. The van der Waals surface area contributed by atoms with Gasteiger partial charge in [0, 0.05) is 19.1 Å². The Morgan fingerprint density at radius 3 is 2.52 bits per heavy atom. The molecule has 1 amide bonds. The van der Waals surface area contributed by atoms with Crippen molar-refractivity contribution in [1.82, 2.24) is 15.8 Å². The van der Waals surface area contributed by atoms with Crippen LogP contribution in [0, 0.1) is 17.7 Å². The molecule has 23 heavy (non-hydrogen) atoms. The summed E-state index contributed by atoms with van der Waals surface area (Å²) in [7, 11) is 0. The smallest absolute Gasteiger partial charge is 0.308 e. The lowest BCUT2D eigenvalue weighted by Crippen LogP contribution is -2.45. The van der Waals surface area contributed by atoms with Crippen LogP contribution in [0.2, 0.25) is 0 Å². The molecule has 0 radical (unpaired) electrons. The number of carboxylic acid groups (broad SMARTS) is 1. The van der Waals surface area contributed by atoms with Gasteiger partial charge in [0.05, 0.1) is 5.92 Å². The first kappa shape index (κ1) is 15.9. The standard InChI is InChI=1S/C16H20FN3O3/c1-9-7-20(8-12(9)16(22)23)15(21)14-6-13(18-19-14)10-2-4-11(17)5-3-10/h2-5,9,12-14,18-19H,6-8H2,1H3,(H,22,23)/t9-,12-,13?,14?/m1/s1. The Morgan fingerprint density at radius 1 is 1.22 bits per heavy atom. The third-order valence-electron chi connectivity index (χ3n) is 4.71. The maximum absolute atomic E-state index is 13.0. The van der Waals surface area contributed by atoms with Gasteiger partial charge >= 0.3 is 5.97 Å². The average molecular weight is 321 g/mol. The van der Waals surface area contributed by atoms with E-state index in [2.05, 4.69) is 10.9 Å². The fourth-order valence-electron chi connectivity index (χ4n) is 3.32. The van der Waals surface area contributed by atoms with E-state index in [4.69, 9.17) is 5.11 Å². The van der Waals surface area contributed by atoms with Crippen LogP contribution in [0.4, 0.5) is 4.39 Å². The summed E-state index contributed by atoms with van der Waals surface area (Å²) in [6.07, 6.45) is 0.549. The molecule has 2 heterocycles. The summed E-state index contributed by atoms with van der Waals surface area (Å²) in [6, 6.07) is 5.71. The SMILES string of the molecule is C[C@@H]1CN(C(=O)C2CC(c3ccc(F)cc3)NN2)C[C@H]1C(=O)O. The maximum atomic E-state index is 13.0. The first-order valence-corrected chi connectivity index (χ1v) is 7.74. The third kappa shape index (κ3) is 3.20. The van der Waals surface area contributed by atoms with Gasteiger partial charge in [-0.1, -0.05) is 19.1 Å². The van der Waals surface area contributed by atoms with Crippen LogP contribution in [-0.4, -0.2) is 41.0 Å². The number of benzene rings is 1. The highest BCUT2D eigenvalue weighted by atomic mass is 19.1. The molecule has 0 bridgehead atoms. The van der Waals surface area contributed by atoms with E-state index in [-0.39, 0.29) is 30.2 Å². The van der Waals surface area contributed by atoms with Crippen LogP contribution >= 0.6 is 0 Å². The maximum Gasteiger partial charge on any atom is 0.308 e. The Bertz CT molecular complexity index is 607. The summed E-state index contributed by atoms with van der Waals surface area (Å²) in [5, 5.41) is 9.17. The number of carbonyl (C=O) groups excluding carboxylic acids is 1. The van der Waals surface area contributed by atoms with Crippen LogP contribution in [0.5, 0.6) is 0 Å². The Morgan fingerprint density at radius 2 is 1.91 bits per heavy atom. The van der Waals surface area contributed by atoms with E-state index in [0.717, 1.165) is 5.56 Å². The predicted octanol–water partition coefficient (Wildman–Crippen LogP) is 0.912. The van der Waals surface area contributed by atoms with Gasteiger partial charge in [-0.15, -0.1) is 0 Å². The molecule has 2 aliphatic heterocycles. The van der Waals surface area contributed by atoms with Gasteiger partial charge in [0.1, 0.15) is 11.9 Å². The minimum atomic E-state index is -0.852. The number of aliphatic carboxylic acids is 1. The molecule has 0 aromatic heterocycles. The van der Waals surface area contributed by atoms with Gasteiger partial charge in [-0.25, -0.2) is 15.2 Å². The fraction of sp³-hybridized carbons (Fsp3) is 0.500. The first-order chi connectivity index (χ1) is 11.0. The van der Waals surface area contributed by atoms with Crippen molar-refractivity contribution >= 4 is 11.9 Å². The van der Waals surface area contributed by atoms with Crippen LogP contribution in [0.1, 0.15) is 24.9 Å². The van der Waals surface area contributed by atoms with Crippen LogP contribution in [0.3, 0.4) is 0 Å². The van der Waals surface area contributed by atoms with E-state index in [1.165, 1.54) is 12.1 Å². The van der Waals surface area contributed by atoms with E-state index < -0.39 is 17.9 Å². The number of rotatable bonds is 3. The van der Waals surface area contributed by atoms with Gasteiger partial charge in [-0.3, -0.25) is 9.59 Å². The molecule has 124 valence electrons. The molecule has 6 nitrogen and oxygen atoms in total. The molecule has 1 aromatic carbocycles. The molecule has 1 aromatic rings. The number of nitrogens with one attached hydrogen (secondary N) is 2. The fourth-order valence-corrected chi connectivity index (χ4v) is 3.32. The van der Waals surface area contributed by atoms with Gasteiger partial charge in [0.25, 0.3) is 0 Å². The van der Waals surface area contributed by atoms with Crippen molar-refractivity contribution in [2.75, 3.05) is 13.1 Å². The number of nitrogens with zero attached hydrogens (tertiary/aromatic N) is 1. The molecule has 3 rings (SSSR count). The van der Waals surface area contributed by atoms with Gasteiger partial charge in [-0.2, -0.15) is 0 Å². The molecule has 2 aliphatic rings. The number of hydrogen-bond acceptors (Lipinski definition) is 4. The van der Waals surface area contributed by atoms with Crippen LogP contribution in [-0.2, 0) is 9.59 Å². The Hall–Kier alpha value is -1.99. The van der Waals surface area contributed by atoms with Gasteiger partial charge in [0.2, 0.25) is 5.91 Å². The van der Waals surface area contributed by atoms with Crippen molar-refractivity contribution < 1.29 is 19.1 Å². The molecule has 2 saturated heterocycles. The topological polar surface area (TPSA) is 81.7 Å².